The zero-order valence-electron chi connectivity index (χ0n) is 1.84. The average Bonchev–Trinajstić information content (AvgIpc) is 0. The molecule has 0 bridgehead atoms. The van der Waals surface area contributed by atoms with Gasteiger partial charge in [-0.3, -0.25) is 0 Å². The molecular weight excluding hydrogens is 95.9 g/mol. The predicted octanol–water partition coefficient (Wildman–Crippen LogP) is -0.533. The Hall–Kier alpha value is 0.594. The van der Waals surface area contributed by atoms with Crippen LogP contribution in [0.1, 0.15) is 0 Å². The smallest absolute Gasteiger partial charge is 0.870 e. The molecule has 0 aliphatic heterocycles. The quantitative estimate of drug-likeness (QED) is 0.382. The van der Waals surface area contributed by atoms with Crippen molar-refractivity contribution in [3.63, 3.8) is 0 Å². The van der Waals surface area contributed by atoms with Crippen LogP contribution in [-0.4, -0.2) is 16.4 Å². The molecule has 0 rings (SSSR count). The third kappa shape index (κ3) is 18.7. The topological polar surface area (TPSA) is 90.0 Å². The largest absolute Gasteiger partial charge is 3.00 e. The van der Waals surface area contributed by atoms with Crippen LogP contribution in [0.4, 0.5) is 0 Å². The van der Waals surface area contributed by atoms with Crippen molar-refractivity contribution in [2.75, 3.05) is 0 Å². The molecule has 0 spiro atoms. The van der Waals surface area contributed by atoms with Crippen molar-refractivity contribution in [2.45, 2.75) is 0 Å². The number of rotatable bonds is 0. The van der Waals surface area contributed by atoms with Crippen LogP contribution in [0.15, 0.2) is 0 Å². The van der Waals surface area contributed by atoms with Crippen LogP contribution in [0.25, 0.3) is 0 Å². The van der Waals surface area contributed by atoms with Crippen molar-refractivity contribution in [1.82, 2.24) is 0 Å². The summed E-state index contributed by atoms with van der Waals surface area (Å²) >= 11 is 0. The molecular formula is H3O3Ti. The van der Waals surface area contributed by atoms with E-state index in [4.69, 9.17) is 0 Å². The maximum Gasteiger partial charge on any atom is 3.00 e. The Kier molecular flexibility index (Phi) is 2880. The van der Waals surface area contributed by atoms with E-state index < -0.39 is 0 Å². The first-order valence-corrected chi connectivity index (χ1v) is 0. The van der Waals surface area contributed by atoms with Gasteiger partial charge in [0.2, 0.25) is 0 Å². The van der Waals surface area contributed by atoms with Crippen LogP contribution in [-0.2, 0) is 21.7 Å². The molecule has 3 nitrogen and oxygen atoms in total. The summed E-state index contributed by atoms with van der Waals surface area (Å²) in [5.41, 5.74) is 0. The van der Waals surface area contributed by atoms with Crippen LogP contribution in [0.2, 0.25) is 0 Å². The minimum Gasteiger partial charge on any atom is -0.870 e. The van der Waals surface area contributed by atoms with E-state index in [-0.39, 0.29) is 38.1 Å². The molecule has 25 valence electrons. The van der Waals surface area contributed by atoms with Crippen molar-refractivity contribution in [3.05, 3.63) is 0 Å². The van der Waals surface area contributed by atoms with Gasteiger partial charge in [-0.15, -0.1) is 0 Å². The van der Waals surface area contributed by atoms with E-state index in [1.807, 2.05) is 0 Å². The molecule has 0 aliphatic carbocycles. The van der Waals surface area contributed by atoms with Crippen molar-refractivity contribution in [1.29, 1.82) is 0 Å². The van der Waals surface area contributed by atoms with Gasteiger partial charge in [0.15, 0.2) is 0 Å². The van der Waals surface area contributed by atoms with Crippen LogP contribution in [0.3, 0.4) is 0 Å². The molecule has 0 aromatic rings. The van der Waals surface area contributed by atoms with Gasteiger partial charge in [0.25, 0.3) is 0 Å². The van der Waals surface area contributed by atoms with Gasteiger partial charge in [0.1, 0.15) is 0 Å². The van der Waals surface area contributed by atoms with E-state index in [0.717, 1.165) is 0 Å². The molecule has 1 radical (unpaired) electrons. The van der Waals surface area contributed by atoms with Crippen LogP contribution >= 0.6 is 0 Å². The molecule has 0 saturated carbocycles. The molecule has 0 unspecified atom stereocenters. The predicted molar refractivity (Wildman–Crippen MR) is 5.81 cm³/mol. The molecule has 0 aromatic carbocycles. The van der Waals surface area contributed by atoms with Gasteiger partial charge < -0.3 is 16.4 Å². The van der Waals surface area contributed by atoms with Gasteiger partial charge in [0, 0.05) is 0 Å². The Morgan fingerprint density at radius 1 is 0.500 bits per heavy atom. The monoisotopic (exact) mass is 99.0 g/mol. The summed E-state index contributed by atoms with van der Waals surface area (Å²) in [6.07, 6.45) is 0. The summed E-state index contributed by atoms with van der Waals surface area (Å²) in [7, 11) is 0. The molecule has 0 saturated heterocycles. The summed E-state index contributed by atoms with van der Waals surface area (Å²) in [4.78, 5) is 0. The molecule has 4 heteroatoms. The minimum atomic E-state index is 0. The molecule has 0 heterocycles. The summed E-state index contributed by atoms with van der Waals surface area (Å²) in [6.45, 7) is 0. The van der Waals surface area contributed by atoms with Crippen molar-refractivity contribution in [3.8, 4) is 0 Å². The Morgan fingerprint density at radius 2 is 0.500 bits per heavy atom. The summed E-state index contributed by atoms with van der Waals surface area (Å²) in [5, 5.41) is 0. The first-order chi connectivity index (χ1) is 0. The van der Waals surface area contributed by atoms with E-state index in [9.17, 15) is 0 Å². The zero-order chi connectivity index (χ0) is 0. The second-order valence-electron chi connectivity index (χ2n) is 0. The van der Waals surface area contributed by atoms with Gasteiger partial charge in [-0.1, -0.05) is 0 Å². The molecule has 0 atom stereocenters. The SMILES string of the molecule is [OH-].[OH-].[OH-].[Ti+3]. The zero-order valence-corrected chi connectivity index (χ0v) is 3.40. The van der Waals surface area contributed by atoms with E-state index in [0.29, 0.717) is 0 Å². The van der Waals surface area contributed by atoms with Crippen LogP contribution < -0.4 is 0 Å². The van der Waals surface area contributed by atoms with Gasteiger partial charge in [-0.05, 0) is 0 Å². The molecule has 0 amide bonds. The molecule has 0 aliphatic rings. The van der Waals surface area contributed by atoms with Crippen LogP contribution in [0.5, 0.6) is 0 Å². The van der Waals surface area contributed by atoms with E-state index in [2.05, 4.69) is 0 Å². The Labute approximate surface area is 38.8 Å². The molecule has 0 fully saturated rings. The maximum atomic E-state index is 0. The van der Waals surface area contributed by atoms with Crippen LogP contribution in [0, 0.1) is 0 Å². The number of hydrogen-bond acceptors (Lipinski definition) is 3. The Morgan fingerprint density at radius 3 is 0.500 bits per heavy atom. The van der Waals surface area contributed by atoms with E-state index in [1.165, 1.54) is 0 Å². The maximum absolute atomic E-state index is 0. The normalized spacial score (nSPS) is 0. The first-order valence-electron chi connectivity index (χ1n) is 0. The third-order valence-electron chi connectivity index (χ3n) is 0. The van der Waals surface area contributed by atoms with Gasteiger partial charge in [-0.25, -0.2) is 0 Å². The average molecular weight is 98.9 g/mol. The fraction of sp³-hybridized carbons (Fsp3) is 0. The fourth-order valence-electron chi connectivity index (χ4n) is 0. The van der Waals surface area contributed by atoms with Crippen molar-refractivity contribution < 1.29 is 38.1 Å². The van der Waals surface area contributed by atoms with Gasteiger partial charge in [-0.2, -0.15) is 0 Å². The summed E-state index contributed by atoms with van der Waals surface area (Å²) in [6, 6.07) is 0. The molecule has 0 aromatic heterocycles. The van der Waals surface area contributed by atoms with Gasteiger partial charge in [0.05, 0.1) is 0 Å². The summed E-state index contributed by atoms with van der Waals surface area (Å²) < 4.78 is 0. The summed E-state index contributed by atoms with van der Waals surface area (Å²) in [5.74, 6) is 0. The Balaban J connectivity index is 0. The Bertz CT molecular complexity index is 3.25. The van der Waals surface area contributed by atoms with Crippen molar-refractivity contribution >= 4 is 0 Å². The van der Waals surface area contributed by atoms with E-state index >= 15 is 0 Å². The third-order valence-corrected chi connectivity index (χ3v) is 0. The second kappa shape index (κ2) is 68.5. The van der Waals surface area contributed by atoms with Gasteiger partial charge >= 0.3 is 21.7 Å². The fourth-order valence-corrected chi connectivity index (χ4v) is 0. The van der Waals surface area contributed by atoms with E-state index in [1.54, 1.807) is 0 Å². The first kappa shape index (κ1) is 168. The van der Waals surface area contributed by atoms with Crippen molar-refractivity contribution in [2.24, 2.45) is 0 Å². The molecule has 3 N–H and O–H groups in total. The second-order valence-corrected chi connectivity index (χ2v) is 0. The minimum absolute atomic E-state index is 0. The molecule has 4 heavy (non-hydrogen) atoms. The standard InChI is InChI=1S/3H2O.Ti/h3*1H2;/q;;;+3/p-3. The number of hydrogen-bond donors (Lipinski definition) is 0.